The SMILES string of the molecule is CC(CC(C)NC(=O)c1ccnc2[nH]ccc12)NC(=O)c1ccc(Cl)cc1Cl. The number of rotatable bonds is 6. The lowest BCUT2D eigenvalue weighted by Gasteiger charge is -2.20. The van der Waals surface area contributed by atoms with Crippen LogP contribution in [0.4, 0.5) is 0 Å². The van der Waals surface area contributed by atoms with Gasteiger partial charge in [0.1, 0.15) is 5.65 Å². The predicted octanol–water partition coefficient (Wildman–Crippen LogP) is 4.20. The average Bonchev–Trinajstić information content (AvgIpc) is 3.09. The smallest absolute Gasteiger partial charge is 0.253 e. The molecule has 0 spiro atoms. The summed E-state index contributed by atoms with van der Waals surface area (Å²) in [5, 5.41) is 7.40. The van der Waals surface area contributed by atoms with Gasteiger partial charge in [0.15, 0.2) is 0 Å². The zero-order valence-electron chi connectivity index (χ0n) is 15.4. The Bertz CT molecular complexity index is 1020. The Kier molecular flexibility index (Phi) is 6.21. The first-order chi connectivity index (χ1) is 13.3. The summed E-state index contributed by atoms with van der Waals surface area (Å²) in [6.07, 6.45) is 3.90. The van der Waals surface area contributed by atoms with Crippen LogP contribution in [0.2, 0.25) is 10.0 Å². The molecule has 3 rings (SSSR count). The first kappa shape index (κ1) is 20.2. The van der Waals surface area contributed by atoms with Crippen LogP contribution in [0.15, 0.2) is 42.7 Å². The first-order valence-electron chi connectivity index (χ1n) is 8.84. The fraction of sp³-hybridized carbons (Fsp3) is 0.250. The maximum absolute atomic E-state index is 12.6. The van der Waals surface area contributed by atoms with Crippen LogP contribution in [-0.4, -0.2) is 33.9 Å². The molecule has 0 saturated heterocycles. The van der Waals surface area contributed by atoms with Gasteiger partial charge in [-0.2, -0.15) is 0 Å². The minimum absolute atomic E-state index is 0.148. The molecule has 6 nitrogen and oxygen atoms in total. The molecule has 1 aromatic carbocycles. The number of aromatic amines is 1. The van der Waals surface area contributed by atoms with Crippen LogP contribution in [0.5, 0.6) is 0 Å². The summed E-state index contributed by atoms with van der Waals surface area (Å²) >= 11 is 11.9. The van der Waals surface area contributed by atoms with Crippen LogP contribution in [0.25, 0.3) is 11.0 Å². The highest BCUT2D eigenvalue weighted by molar-refractivity contribution is 6.36. The minimum atomic E-state index is -0.282. The normalized spacial score (nSPS) is 13.1. The third-order valence-electron chi connectivity index (χ3n) is 4.34. The molecule has 2 amide bonds. The van der Waals surface area contributed by atoms with E-state index in [4.69, 9.17) is 23.2 Å². The largest absolute Gasteiger partial charge is 0.349 e. The minimum Gasteiger partial charge on any atom is -0.349 e. The summed E-state index contributed by atoms with van der Waals surface area (Å²) in [6, 6.07) is 7.93. The number of aromatic nitrogens is 2. The zero-order chi connectivity index (χ0) is 20.3. The molecule has 0 aliphatic heterocycles. The Morgan fingerprint density at radius 1 is 1.04 bits per heavy atom. The standard InChI is InChI=1S/C20H20Cl2N4O2/c1-11(25-19(27)15-6-8-24-18-14(15)5-7-23-18)9-12(2)26-20(28)16-4-3-13(21)10-17(16)22/h3-8,10-12H,9H2,1-2H3,(H,23,24)(H,25,27)(H,26,28). The van der Waals surface area contributed by atoms with Gasteiger partial charge in [-0.05, 0) is 50.6 Å². The van der Waals surface area contributed by atoms with Gasteiger partial charge in [-0.15, -0.1) is 0 Å². The van der Waals surface area contributed by atoms with Crippen molar-refractivity contribution in [2.24, 2.45) is 0 Å². The molecule has 0 aliphatic rings. The van der Waals surface area contributed by atoms with Gasteiger partial charge in [-0.1, -0.05) is 23.2 Å². The molecule has 0 fully saturated rings. The van der Waals surface area contributed by atoms with Crippen LogP contribution in [0, 0.1) is 0 Å². The number of H-pyrrole nitrogens is 1. The number of pyridine rings is 1. The third kappa shape index (κ3) is 4.64. The number of nitrogens with zero attached hydrogens (tertiary/aromatic N) is 1. The lowest BCUT2D eigenvalue weighted by atomic mass is 10.1. The lowest BCUT2D eigenvalue weighted by molar-refractivity contribution is 0.0928. The van der Waals surface area contributed by atoms with Crippen molar-refractivity contribution in [1.29, 1.82) is 0 Å². The van der Waals surface area contributed by atoms with Crippen molar-refractivity contribution < 1.29 is 9.59 Å². The molecule has 0 saturated carbocycles. The topological polar surface area (TPSA) is 86.9 Å². The van der Waals surface area contributed by atoms with Gasteiger partial charge in [0.2, 0.25) is 0 Å². The van der Waals surface area contributed by atoms with Crippen LogP contribution in [-0.2, 0) is 0 Å². The second kappa shape index (κ2) is 8.63. The van der Waals surface area contributed by atoms with E-state index in [2.05, 4.69) is 20.6 Å². The van der Waals surface area contributed by atoms with Gasteiger partial charge in [0.05, 0.1) is 16.1 Å². The molecule has 0 aliphatic carbocycles. The average molecular weight is 419 g/mol. The van der Waals surface area contributed by atoms with Crippen LogP contribution in [0.1, 0.15) is 41.0 Å². The van der Waals surface area contributed by atoms with E-state index in [1.165, 1.54) is 6.07 Å². The molecule has 2 heterocycles. The van der Waals surface area contributed by atoms with Gasteiger partial charge in [-0.3, -0.25) is 9.59 Å². The highest BCUT2D eigenvalue weighted by Crippen LogP contribution is 2.21. The highest BCUT2D eigenvalue weighted by Gasteiger charge is 2.18. The van der Waals surface area contributed by atoms with Gasteiger partial charge in [-0.25, -0.2) is 4.98 Å². The molecule has 3 N–H and O–H groups in total. The molecule has 0 bridgehead atoms. The van der Waals surface area contributed by atoms with Crippen molar-refractivity contribution in [2.75, 3.05) is 0 Å². The number of hydrogen-bond donors (Lipinski definition) is 3. The second-order valence-electron chi connectivity index (χ2n) is 6.71. The Labute approximate surface area is 172 Å². The van der Waals surface area contributed by atoms with E-state index in [1.807, 2.05) is 19.9 Å². The second-order valence-corrected chi connectivity index (χ2v) is 7.55. The summed E-state index contributed by atoms with van der Waals surface area (Å²) in [6.45, 7) is 3.77. The number of fused-ring (bicyclic) bond motifs is 1. The van der Waals surface area contributed by atoms with Gasteiger partial charge >= 0.3 is 0 Å². The zero-order valence-corrected chi connectivity index (χ0v) is 16.9. The monoisotopic (exact) mass is 418 g/mol. The Morgan fingerprint density at radius 2 is 1.71 bits per heavy atom. The first-order valence-corrected chi connectivity index (χ1v) is 9.59. The number of carbonyl (C=O) groups is 2. The summed E-state index contributed by atoms with van der Waals surface area (Å²) in [5.74, 6) is -0.463. The maximum atomic E-state index is 12.6. The molecular weight excluding hydrogens is 399 g/mol. The molecule has 3 aromatic rings. The summed E-state index contributed by atoms with van der Waals surface area (Å²) in [7, 11) is 0. The number of halogens is 2. The lowest BCUT2D eigenvalue weighted by Crippen LogP contribution is -2.40. The molecule has 28 heavy (non-hydrogen) atoms. The van der Waals surface area contributed by atoms with Gasteiger partial charge < -0.3 is 15.6 Å². The Morgan fingerprint density at radius 3 is 2.39 bits per heavy atom. The van der Waals surface area contributed by atoms with Crippen LogP contribution < -0.4 is 10.6 Å². The summed E-state index contributed by atoms with van der Waals surface area (Å²) in [5.41, 5.74) is 1.59. The number of amides is 2. The van der Waals surface area contributed by atoms with Crippen molar-refractivity contribution in [3.05, 3.63) is 63.9 Å². The molecule has 2 atom stereocenters. The van der Waals surface area contributed by atoms with Crippen LogP contribution in [0.3, 0.4) is 0 Å². The number of nitrogens with one attached hydrogen (secondary N) is 3. The summed E-state index contributed by atoms with van der Waals surface area (Å²) < 4.78 is 0. The van der Waals surface area contributed by atoms with Gasteiger partial charge in [0, 0.05) is 34.9 Å². The number of carbonyl (C=O) groups excluding carboxylic acids is 2. The van der Waals surface area contributed by atoms with Crippen LogP contribution >= 0.6 is 23.2 Å². The van der Waals surface area contributed by atoms with Crippen molar-refractivity contribution in [1.82, 2.24) is 20.6 Å². The van der Waals surface area contributed by atoms with E-state index in [-0.39, 0.29) is 23.9 Å². The molecule has 2 unspecified atom stereocenters. The van der Waals surface area contributed by atoms with E-state index in [1.54, 1.807) is 30.6 Å². The van der Waals surface area contributed by atoms with Crippen molar-refractivity contribution >= 4 is 46.0 Å². The van der Waals surface area contributed by atoms with E-state index in [0.717, 1.165) is 5.39 Å². The number of hydrogen-bond acceptors (Lipinski definition) is 3. The van der Waals surface area contributed by atoms with Crippen molar-refractivity contribution in [2.45, 2.75) is 32.4 Å². The molecule has 8 heteroatoms. The van der Waals surface area contributed by atoms with E-state index < -0.39 is 0 Å². The maximum Gasteiger partial charge on any atom is 0.253 e. The quantitative estimate of drug-likeness (QED) is 0.560. The Balaban J connectivity index is 1.58. The van der Waals surface area contributed by atoms with Crippen molar-refractivity contribution in [3.63, 3.8) is 0 Å². The van der Waals surface area contributed by atoms with E-state index in [0.29, 0.717) is 33.2 Å². The van der Waals surface area contributed by atoms with Crippen molar-refractivity contribution in [3.8, 4) is 0 Å². The van der Waals surface area contributed by atoms with Gasteiger partial charge in [0.25, 0.3) is 11.8 Å². The highest BCUT2D eigenvalue weighted by atomic mass is 35.5. The van der Waals surface area contributed by atoms with E-state index >= 15 is 0 Å². The summed E-state index contributed by atoms with van der Waals surface area (Å²) in [4.78, 5) is 32.2. The van der Waals surface area contributed by atoms with E-state index in [9.17, 15) is 9.59 Å². The fourth-order valence-corrected chi connectivity index (χ4v) is 3.58. The predicted molar refractivity (Wildman–Crippen MR) is 111 cm³/mol. The molecule has 0 radical (unpaired) electrons. The third-order valence-corrected chi connectivity index (χ3v) is 4.89. The molecular formula is C20H20Cl2N4O2. The fourth-order valence-electron chi connectivity index (χ4n) is 3.08. The molecule has 146 valence electrons. The number of benzene rings is 1. The molecule has 2 aromatic heterocycles. The Hall–Kier alpha value is -2.57.